The number of carbonyl (C=O) groups excluding carboxylic acids is 1. The number of aliphatic hydroxyl groups is 1. The Labute approximate surface area is 185 Å². The summed E-state index contributed by atoms with van der Waals surface area (Å²) in [5.74, 6) is -1.74. The van der Waals surface area contributed by atoms with Crippen molar-refractivity contribution >= 4 is 48.9 Å². The molecule has 3 rings (SSSR count). The zero-order chi connectivity index (χ0) is 19.5. The summed E-state index contributed by atoms with van der Waals surface area (Å²) >= 11 is -0.116. The first-order chi connectivity index (χ1) is 11.8. The molecule has 0 aromatic rings. The molecule has 5 nitrogen and oxygen atoms in total. The predicted molar refractivity (Wildman–Crippen MR) is 93.8 cm³/mol. The Morgan fingerprint density at radius 3 is 2.04 bits per heavy atom. The molecule has 3 N–H and O–H groups in total. The van der Waals surface area contributed by atoms with Gasteiger partial charge in [-0.1, -0.05) is 0 Å². The number of alkyl halides is 7. The Morgan fingerprint density at radius 2 is 1.67 bits per heavy atom. The van der Waals surface area contributed by atoms with Crippen molar-refractivity contribution in [2.24, 2.45) is 5.92 Å². The summed E-state index contributed by atoms with van der Waals surface area (Å²) in [6.07, 6.45) is -13.3. The second kappa shape index (κ2) is 7.86. The number of esters is 1. The van der Waals surface area contributed by atoms with Crippen LogP contribution in [0, 0.1) is 9.84 Å². The summed E-state index contributed by atoms with van der Waals surface area (Å²) in [7, 11) is 0. The van der Waals surface area contributed by atoms with Crippen molar-refractivity contribution in [1.29, 1.82) is 0 Å². The molecule has 0 aromatic heterocycles. The van der Waals surface area contributed by atoms with Crippen molar-refractivity contribution in [2.45, 2.75) is 59.8 Å². The molecule has 2 saturated heterocycles. The van der Waals surface area contributed by atoms with Crippen LogP contribution in [-0.2, 0) is 29.0 Å². The van der Waals surface area contributed by atoms with Crippen LogP contribution in [0.3, 0.4) is 0 Å². The molecule has 0 spiro atoms. The molecule has 1 atom stereocenters. The van der Waals surface area contributed by atoms with Gasteiger partial charge in [0.15, 0.2) is 0 Å². The zero-order valence-corrected chi connectivity index (χ0v) is 19.3. The van der Waals surface area contributed by atoms with Gasteiger partial charge in [0.1, 0.15) is 0 Å². The summed E-state index contributed by atoms with van der Waals surface area (Å²) in [4.78, 5) is 12.2. The molecule has 1 unspecified atom stereocenters. The number of nitrogens with one attached hydrogen (secondary N) is 2. The van der Waals surface area contributed by atoms with Crippen molar-refractivity contribution in [2.75, 3.05) is 0 Å². The maximum absolute atomic E-state index is 13.2. The maximum Gasteiger partial charge on any atom is 0 e. The van der Waals surface area contributed by atoms with Gasteiger partial charge >= 0.3 is 167 Å². The van der Waals surface area contributed by atoms with Gasteiger partial charge in [-0.05, 0) is 0 Å². The third kappa shape index (κ3) is 4.35. The van der Waals surface area contributed by atoms with E-state index in [1.807, 2.05) is 0 Å². The first kappa shape index (κ1) is 24.2. The quantitative estimate of drug-likeness (QED) is 0.0451. The van der Waals surface area contributed by atoms with E-state index in [2.05, 4.69) is 11.8 Å². The first-order valence-corrected chi connectivity index (χ1v) is 12.0. The molecule has 0 bridgehead atoms. The molecule has 2 aliphatic heterocycles. The van der Waals surface area contributed by atoms with Crippen molar-refractivity contribution in [3.05, 3.63) is 3.92 Å². The molecule has 14 heteroatoms. The summed E-state index contributed by atoms with van der Waals surface area (Å²) in [6, 6.07) is 0. The van der Waals surface area contributed by atoms with Crippen LogP contribution in [0.15, 0.2) is 0 Å². The Bertz CT molecular complexity index is 567. The average Bonchev–Trinajstić information content (AvgIpc) is 3.30. The molecule has 1 radical (unpaired) electrons. The molecule has 3 aliphatic rings. The smallest absolute Gasteiger partial charge is 0 e. The fourth-order valence-electron chi connectivity index (χ4n) is 3.09. The van der Waals surface area contributed by atoms with Crippen LogP contribution >= 0.6 is 43.0 Å². The fourth-order valence-corrected chi connectivity index (χ4v) is 9.77. The standard InChI is InChI=1S/C13H15F6I2N2O3.Rh/c14-12(15,16)10(25,13(17,18)19)7(5-6-3-1-2-4-6)26-9(24)8(20)11-21(22-11)23-11;/h6-7,22-23,25H,1-5H2;/q-1;. The maximum atomic E-state index is 13.2. The van der Waals surface area contributed by atoms with Crippen molar-refractivity contribution in [3.63, 3.8) is 0 Å². The summed E-state index contributed by atoms with van der Waals surface area (Å²) in [5, 5.41) is 9.70. The Morgan fingerprint density at radius 1 is 1.22 bits per heavy atom. The van der Waals surface area contributed by atoms with Crippen LogP contribution in [0.25, 0.3) is 0 Å². The second-order valence-corrected chi connectivity index (χ2v) is 11.9. The van der Waals surface area contributed by atoms with E-state index in [1.54, 1.807) is 22.6 Å². The van der Waals surface area contributed by atoms with Crippen LogP contribution < -0.4 is 7.06 Å². The van der Waals surface area contributed by atoms with E-state index in [4.69, 9.17) is 0 Å². The van der Waals surface area contributed by atoms with Crippen molar-refractivity contribution < 1.29 is 60.5 Å². The molecule has 27 heavy (non-hydrogen) atoms. The first-order valence-electron chi connectivity index (χ1n) is 7.68. The minimum Gasteiger partial charge on any atom is 0 e. The number of rotatable bonds is 6. The Kier molecular flexibility index (Phi) is 7.03. The third-order valence-corrected chi connectivity index (χ3v) is 11.3. The SMILES string of the molecule is O=C(OC(CC1CCCC1)C(O)(C(F)(F)F)C(F)(F)F)[C-](I)C12NI1N2.[Rh]. The minimum absolute atomic E-state index is 0. The van der Waals surface area contributed by atoms with Gasteiger partial charge in [0, 0.05) is 19.5 Å². The van der Waals surface area contributed by atoms with Crippen LogP contribution in [0.2, 0.25) is 0 Å². The predicted octanol–water partition coefficient (Wildman–Crippen LogP) is 3.50. The normalized spacial score (nSPS) is 23.9. The Balaban J connectivity index is 0.00000261. The molecule has 0 amide bonds. The summed E-state index contributed by atoms with van der Waals surface area (Å²) in [6.45, 7) is 0. The van der Waals surface area contributed by atoms with Gasteiger partial charge in [-0.3, -0.25) is 0 Å². The van der Waals surface area contributed by atoms with Gasteiger partial charge < -0.3 is 0 Å². The number of hydrogen-bond donors (Lipinski definition) is 3. The average molecular weight is 718 g/mol. The van der Waals surface area contributed by atoms with E-state index in [-0.39, 0.29) is 23.4 Å². The molecule has 2 heterocycles. The molecular weight excluding hydrogens is 703 g/mol. The van der Waals surface area contributed by atoms with Gasteiger partial charge in [-0.2, -0.15) is 0 Å². The largest absolute Gasteiger partial charge is 0 e. The fraction of sp³-hybridized carbons (Fsp3) is 0.846. The van der Waals surface area contributed by atoms with Crippen LogP contribution in [0.5, 0.6) is 0 Å². The van der Waals surface area contributed by atoms with Gasteiger partial charge in [0.2, 0.25) is 0 Å². The minimum atomic E-state index is -6.04. The number of fused-ring (bicyclic) bond motifs is 1. The number of ether oxygens (including phenoxy) is 1. The second-order valence-electron chi connectivity index (χ2n) is 6.49. The molecule has 3 fully saturated rings. The van der Waals surface area contributed by atoms with Crippen LogP contribution in [-0.4, -0.2) is 38.8 Å². The van der Waals surface area contributed by atoms with E-state index < -0.39 is 66.4 Å². The van der Waals surface area contributed by atoms with E-state index in [1.165, 1.54) is 0 Å². The molecular formula is C13H15F6I2N2O3Rh-. The molecule has 161 valence electrons. The molecule has 1 aliphatic carbocycles. The monoisotopic (exact) mass is 718 g/mol. The molecule has 0 aromatic carbocycles. The van der Waals surface area contributed by atoms with Crippen LogP contribution in [0.1, 0.15) is 32.1 Å². The van der Waals surface area contributed by atoms with Gasteiger partial charge in [-0.25, -0.2) is 0 Å². The van der Waals surface area contributed by atoms with E-state index in [0.29, 0.717) is 25.7 Å². The topological polar surface area (TPSA) is 90.4 Å². The van der Waals surface area contributed by atoms with Gasteiger partial charge in [-0.15, -0.1) is 0 Å². The van der Waals surface area contributed by atoms with Gasteiger partial charge in [0.25, 0.3) is 0 Å². The van der Waals surface area contributed by atoms with E-state index in [9.17, 15) is 36.2 Å². The summed E-state index contributed by atoms with van der Waals surface area (Å²) in [5.41, 5.74) is -5.11. The van der Waals surface area contributed by atoms with Crippen LogP contribution in [0.4, 0.5) is 26.3 Å². The van der Waals surface area contributed by atoms with Gasteiger partial charge in [0.05, 0.1) is 0 Å². The Hall–Kier alpha value is 0.883. The van der Waals surface area contributed by atoms with Crippen molar-refractivity contribution in [1.82, 2.24) is 7.06 Å². The number of carbonyl (C=O) groups is 1. The third-order valence-electron chi connectivity index (χ3n) is 4.74. The summed E-state index contributed by atoms with van der Waals surface area (Å²) < 4.78 is 89.2. The number of halogens is 8. The van der Waals surface area contributed by atoms with E-state index in [0.717, 1.165) is 0 Å². The zero-order valence-electron chi connectivity index (χ0n) is 13.3. The van der Waals surface area contributed by atoms with Crippen molar-refractivity contribution in [3.8, 4) is 0 Å². The van der Waals surface area contributed by atoms with E-state index >= 15 is 0 Å². The molecule has 1 saturated carbocycles. The number of hydrogen-bond acceptors (Lipinski definition) is 5.